The summed E-state index contributed by atoms with van der Waals surface area (Å²) in [5.74, 6) is -0.765. The predicted octanol–water partition coefficient (Wildman–Crippen LogP) is 3.03. The van der Waals surface area contributed by atoms with Gasteiger partial charge in [-0.15, -0.1) is 0 Å². The maximum absolute atomic E-state index is 12.7. The normalized spacial score (nSPS) is 19.7. The lowest BCUT2D eigenvalue weighted by molar-refractivity contribution is -0.122. The van der Waals surface area contributed by atoms with E-state index in [0.717, 1.165) is 24.9 Å². The third-order valence-electron chi connectivity index (χ3n) is 5.98. The summed E-state index contributed by atoms with van der Waals surface area (Å²) in [6.45, 7) is 3.50. The molecule has 0 saturated carbocycles. The molecule has 164 valence electrons. The first kappa shape index (κ1) is 21.5. The zero-order chi connectivity index (χ0) is 22.0. The smallest absolute Gasteiger partial charge is 0.243 e. The lowest BCUT2D eigenvalue weighted by Gasteiger charge is -2.17. The highest BCUT2D eigenvalue weighted by Crippen LogP contribution is 2.27. The van der Waals surface area contributed by atoms with E-state index in [1.165, 1.54) is 22.0 Å². The van der Waals surface area contributed by atoms with Gasteiger partial charge in [0, 0.05) is 37.4 Å². The molecule has 0 bridgehead atoms. The first-order valence-electron chi connectivity index (χ1n) is 10.7. The maximum atomic E-state index is 12.7. The van der Waals surface area contributed by atoms with Crippen LogP contribution in [-0.2, 0) is 26.0 Å². The van der Waals surface area contributed by atoms with E-state index in [1.54, 1.807) is 17.0 Å². The summed E-state index contributed by atoms with van der Waals surface area (Å²) in [4.78, 5) is 27.0. The number of nitrogens with zero attached hydrogens (tertiary/aromatic N) is 2. The predicted molar refractivity (Wildman–Crippen MR) is 119 cm³/mol. The second-order valence-electron chi connectivity index (χ2n) is 8.05. The summed E-state index contributed by atoms with van der Waals surface area (Å²) in [6, 6.07) is 14.0. The molecule has 2 aliphatic rings. The fourth-order valence-electron chi connectivity index (χ4n) is 4.08. The van der Waals surface area contributed by atoms with Crippen LogP contribution in [0.4, 0.5) is 11.4 Å². The monoisotopic (exact) mass is 441 g/mol. The number of rotatable bonds is 6. The minimum absolute atomic E-state index is 0.0727. The van der Waals surface area contributed by atoms with Crippen LogP contribution >= 0.6 is 0 Å². The SMILES string of the molecule is CCc1ccc(N2CC(C(=O)Nc3ccc(S(=O)(=O)N4CCCC4)cc3)CC2=O)cc1. The van der Waals surface area contributed by atoms with Gasteiger partial charge in [0.1, 0.15) is 0 Å². The third-order valence-corrected chi connectivity index (χ3v) is 7.89. The standard InChI is InChI=1S/C23H27N3O4S/c1-2-17-5-9-20(10-6-17)26-16-18(15-22(26)27)23(28)24-19-7-11-21(12-8-19)31(29,30)25-13-3-4-14-25/h5-12,18H,2-4,13-16H2,1H3,(H,24,28). The summed E-state index contributed by atoms with van der Waals surface area (Å²) >= 11 is 0. The van der Waals surface area contributed by atoms with Crippen LogP contribution in [0.1, 0.15) is 31.7 Å². The second kappa shape index (κ2) is 8.80. The Morgan fingerprint density at radius 2 is 1.68 bits per heavy atom. The highest BCUT2D eigenvalue weighted by atomic mass is 32.2. The van der Waals surface area contributed by atoms with E-state index >= 15 is 0 Å². The second-order valence-corrected chi connectivity index (χ2v) is 9.99. The molecule has 2 saturated heterocycles. The van der Waals surface area contributed by atoms with Crippen LogP contribution in [-0.4, -0.2) is 44.2 Å². The molecule has 2 amide bonds. The molecular weight excluding hydrogens is 414 g/mol. The number of sulfonamides is 1. The Kier molecular flexibility index (Phi) is 6.11. The lowest BCUT2D eigenvalue weighted by Crippen LogP contribution is -2.28. The molecule has 7 nitrogen and oxygen atoms in total. The number of hydrogen-bond donors (Lipinski definition) is 1. The van der Waals surface area contributed by atoms with Crippen molar-refractivity contribution < 1.29 is 18.0 Å². The summed E-state index contributed by atoms with van der Waals surface area (Å²) in [6.07, 6.45) is 2.85. The van der Waals surface area contributed by atoms with Gasteiger partial charge in [0.05, 0.1) is 10.8 Å². The third kappa shape index (κ3) is 4.50. The molecule has 0 aromatic heterocycles. The van der Waals surface area contributed by atoms with Gasteiger partial charge in [0.25, 0.3) is 0 Å². The van der Waals surface area contributed by atoms with Crippen molar-refractivity contribution in [1.82, 2.24) is 4.31 Å². The van der Waals surface area contributed by atoms with Crippen molar-refractivity contribution in [1.29, 1.82) is 0 Å². The number of carbonyl (C=O) groups excluding carboxylic acids is 2. The fourth-order valence-corrected chi connectivity index (χ4v) is 5.59. The summed E-state index contributed by atoms with van der Waals surface area (Å²) in [5.41, 5.74) is 2.51. The van der Waals surface area contributed by atoms with Crippen LogP contribution < -0.4 is 10.2 Å². The van der Waals surface area contributed by atoms with Crippen LogP contribution in [0.15, 0.2) is 53.4 Å². The van der Waals surface area contributed by atoms with E-state index < -0.39 is 15.9 Å². The average Bonchev–Trinajstić information content (AvgIpc) is 3.45. The highest BCUT2D eigenvalue weighted by molar-refractivity contribution is 7.89. The Morgan fingerprint density at radius 1 is 1.03 bits per heavy atom. The van der Waals surface area contributed by atoms with Crippen molar-refractivity contribution in [3.8, 4) is 0 Å². The van der Waals surface area contributed by atoms with Crippen molar-refractivity contribution >= 4 is 33.2 Å². The Bertz CT molecular complexity index is 1060. The lowest BCUT2D eigenvalue weighted by atomic mass is 10.1. The number of anilines is 2. The molecule has 2 fully saturated rings. The molecule has 2 aliphatic heterocycles. The van der Waals surface area contributed by atoms with Gasteiger partial charge in [0.15, 0.2) is 0 Å². The van der Waals surface area contributed by atoms with E-state index in [4.69, 9.17) is 0 Å². The Labute approximate surface area is 183 Å². The van der Waals surface area contributed by atoms with Crippen molar-refractivity contribution in [2.45, 2.75) is 37.5 Å². The molecule has 0 aliphatic carbocycles. The average molecular weight is 442 g/mol. The Morgan fingerprint density at radius 3 is 2.29 bits per heavy atom. The van der Waals surface area contributed by atoms with Gasteiger partial charge in [-0.3, -0.25) is 9.59 Å². The van der Waals surface area contributed by atoms with Gasteiger partial charge in [-0.2, -0.15) is 4.31 Å². The van der Waals surface area contributed by atoms with Crippen LogP contribution in [0.5, 0.6) is 0 Å². The van der Waals surface area contributed by atoms with Crippen molar-refractivity contribution in [2.24, 2.45) is 5.92 Å². The van der Waals surface area contributed by atoms with E-state index in [2.05, 4.69) is 12.2 Å². The van der Waals surface area contributed by atoms with Crippen molar-refractivity contribution in [3.05, 3.63) is 54.1 Å². The van der Waals surface area contributed by atoms with Crippen molar-refractivity contribution in [2.75, 3.05) is 29.9 Å². The number of carbonyl (C=O) groups is 2. The van der Waals surface area contributed by atoms with E-state index in [9.17, 15) is 18.0 Å². The first-order valence-corrected chi connectivity index (χ1v) is 12.1. The molecule has 1 N–H and O–H groups in total. The van der Waals surface area contributed by atoms with Crippen molar-refractivity contribution in [3.63, 3.8) is 0 Å². The van der Waals surface area contributed by atoms with Gasteiger partial charge < -0.3 is 10.2 Å². The first-order chi connectivity index (χ1) is 14.9. The van der Waals surface area contributed by atoms with E-state index in [1.807, 2.05) is 24.3 Å². The highest BCUT2D eigenvalue weighted by Gasteiger charge is 2.35. The Hall–Kier alpha value is -2.71. The zero-order valence-corrected chi connectivity index (χ0v) is 18.4. The summed E-state index contributed by atoms with van der Waals surface area (Å²) in [5, 5.41) is 2.82. The van der Waals surface area contributed by atoms with Crippen LogP contribution in [0.3, 0.4) is 0 Å². The topological polar surface area (TPSA) is 86.8 Å². The fraction of sp³-hybridized carbons (Fsp3) is 0.391. The van der Waals surface area contributed by atoms with Gasteiger partial charge in [0.2, 0.25) is 21.8 Å². The largest absolute Gasteiger partial charge is 0.326 e. The zero-order valence-electron chi connectivity index (χ0n) is 17.6. The van der Waals surface area contributed by atoms with Crippen LogP contribution in [0, 0.1) is 5.92 Å². The molecule has 31 heavy (non-hydrogen) atoms. The summed E-state index contributed by atoms with van der Waals surface area (Å²) < 4.78 is 26.7. The number of benzene rings is 2. The number of amides is 2. The molecule has 0 radical (unpaired) electrons. The molecule has 0 spiro atoms. The molecule has 8 heteroatoms. The molecule has 2 aromatic rings. The maximum Gasteiger partial charge on any atom is 0.243 e. The number of nitrogens with one attached hydrogen (secondary N) is 1. The molecule has 1 unspecified atom stereocenters. The number of hydrogen-bond acceptors (Lipinski definition) is 4. The molecule has 2 aromatic carbocycles. The Balaban J connectivity index is 1.39. The number of aryl methyl sites for hydroxylation is 1. The van der Waals surface area contributed by atoms with E-state index in [-0.39, 0.29) is 23.1 Å². The van der Waals surface area contributed by atoms with Crippen LogP contribution in [0.25, 0.3) is 0 Å². The van der Waals surface area contributed by atoms with Crippen LogP contribution in [0.2, 0.25) is 0 Å². The quantitative estimate of drug-likeness (QED) is 0.747. The van der Waals surface area contributed by atoms with E-state index in [0.29, 0.717) is 25.3 Å². The minimum Gasteiger partial charge on any atom is -0.326 e. The van der Waals surface area contributed by atoms with Gasteiger partial charge in [-0.25, -0.2) is 8.42 Å². The molecule has 4 rings (SSSR count). The molecule has 2 heterocycles. The van der Waals surface area contributed by atoms with Gasteiger partial charge in [-0.1, -0.05) is 19.1 Å². The van der Waals surface area contributed by atoms with Gasteiger partial charge in [-0.05, 0) is 61.2 Å². The minimum atomic E-state index is -3.48. The molecule has 1 atom stereocenters. The molecular formula is C23H27N3O4S. The van der Waals surface area contributed by atoms with Gasteiger partial charge >= 0.3 is 0 Å². The summed E-state index contributed by atoms with van der Waals surface area (Å²) in [7, 11) is -3.48.